The van der Waals surface area contributed by atoms with Gasteiger partial charge in [0.05, 0.1) is 0 Å². The molecule has 4 heteroatoms. The summed E-state index contributed by atoms with van der Waals surface area (Å²) in [4.78, 5) is 14.6. The smallest absolute Gasteiger partial charge is 0.254 e. The number of anilines is 1. The minimum atomic E-state index is -0.439. The van der Waals surface area contributed by atoms with Gasteiger partial charge in [-0.2, -0.15) is 0 Å². The highest BCUT2D eigenvalue weighted by molar-refractivity contribution is 5.95. The molecule has 3 nitrogen and oxygen atoms in total. The minimum absolute atomic E-state index is 0.0622. The van der Waals surface area contributed by atoms with E-state index in [0.717, 1.165) is 19.4 Å². The molecule has 2 aliphatic rings. The van der Waals surface area contributed by atoms with Crippen LogP contribution in [0.1, 0.15) is 48.9 Å². The molecule has 0 spiro atoms. The van der Waals surface area contributed by atoms with E-state index in [1.54, 1.807) is 6.07 Å². The van der Waals surface area contributed by atoms with Crippen LogP contribution < -0.4 is 5.73 Å². The van der Waals surface area contributed by atoms with E-state index < -0.39 is 5.82 Å². The van der Waals surface area contributed by atoms with Crippen molar-refractivity contribution in [3.63, 3.8) is 0 Å². The molecule has 1 aliphatic carbocycles. The highest BCUT2D eigenvalue weighted by Crippen LogP contribution is 2.36. The average molecular weight is 276 g/mol. The van der Waals surface area contributed by atoms with E-state index in [2.05, 4.69) is 0 Å². The Kier molecular flexibility index (Phi) is 3.64. The number of nitrogens with zero attached hydrogens (tertiary/aromatic N) is 1. The van der Waals surface area contributed by atoms with Crippen molar-refractivity contribution in [2.24, 2.45) is 5.92 Å². The molecule has 1 amide bonds. The lowest BCUT2D eigenvalue weighted by atomic mass is 9.78. The van der Waals surface area contributed by atoms with Crippen LogP contribution >= 0.6 is 0 Å². The van der Waals surface area contributed by atoms with Crippen LogP contribution in [0.25, 0.3) is 0 Å². The van der Waals surface area contributed by atoms with Crippen molar-refractivity contribution in [2.45, 2.75) is 44.6 Å². The fourth-order valence-electron chi connectivity index (χ4n) is 3.78. The number of halogens is 1. The summed E-state index contributed by atoms with van der Waals surface area (Å²) in [7, 11) is 0. The number of carbonyl (C=O) groups excluding carboxylic acids is 1. The van der Waals surface area contributed by atoms with E-state index in [4.69, 9.17) is 5.73 Å². The maximum atomic E-state index is 13.4. The van der Waals surface area contributed by atoms with Crippen molar-refractivity contribution in [3.05, 3.63) is 29.6 Å². The topological polar surface area (TPSA) is 46.3 Å². The molecule has 0 bridgehead atoms. The molecular formula is C16H21FN2O. The van der Waals surface area contributed by atoms with E-state index in [1.807, 2.05) is 4.90 Å². The SMILES string of the molecule is Nc1cc(F)cc(C(=O)N2CCC[C@H]3CCCC[C@H]32)c1. The average Bonchev–Trinajstić information content (AvgIpc) is 2.45. The molecule has 20 heavy (non-hydrogen) atoms. The Hall–Kier alpha value is -1.58. The summed E-state index contributed by atoms with van der Waals surface area (Å²) in [5.41, 5.74) is 6.34. The Morgan fingerprint density at radius 3 is 2.70 bits per heavy atom. The Labute approximate surface area is 118 Å². The van der Waals surface area contributed by atoms with Gasteiger partial charge in [-0.15, -0.1) is 0 Å². The first-order valence-corrected chi connectivity index (χ1v) is 7.52. The second kappa shape index (κ2) is 5.43. The number of fused-ring (bicyclic) bond motifs is 1. The number of hydrogen-bond acceptors (Lipinski definition) is 2. The monoisotopic (exact) mass is 276 g/mol. The normalized spacial score (nSPS) is 26.1. The summed E-state index contributed by atoms with van der Waals surface area (Å²) in [5.74, 6) is 0.130. The molecule has 2 fully saturated rings. The molecule has 1 aromatic carbocycles. The van der Waals surface area contributed by atoms with Gasteiger partial charge in [0.2, 0.25) is 0 Å². The first-order chi connectivity index (χ1) is 9.65. The van der Waals surface area contributed by atoms with Gasteiger partial charge in [0, 0.05) is 23.8 Å². The summed E-state index contributed by atoms with van der Waals surface area (Å²) >= 11 is 0. The van der Waals surface area contributed by atoms with Crippen LogP contribution in [0.2, 0.25) is 0 Å². The zero-order valence-electron chi connectivity index (χ0n) is 11.6. The number of piperidine rings is 1. The van der Waals surface area contributed by atoms with Gasteiger partial charge in [-0.05, 0) is 49.8 Å². The predicted octanol–water partition coefficient (Wildman–Crippen LogP) is 3.20. The van der Waals surface area contributed by atoms with Gasteiger partial charge < -0.3 is 10.6 Å². The van der Waals surface area contributed by atoms with Crippen LogP contribution in [0.4, 0.5) is 10.1 Å². The molecule has 0 unspecified atom stereocenters. The van der Waals surface area contributed by atoms with Crippen LogP contribution in [0, 0.1) is 11.7 Å². The second-order valence-electron chi connectivity index (χ2n) is 6.03. The predicted molar refractivity (Wildman–Crippen MR) is 76.8 cm³/mol. The highest BCUT2D eigenvalue weighted by Gasteiger charge is 2.36. The van der Waals surface area contributed by atoms with Crippen LogP contribution in [-0.2, 0) is 0 Å². The van der Waals surface area contributed by atoms with Crippen molar-refractivity contribution >= 4 is 11.6 Å². The lowest BCUT2D eigenvalue weighted by Gasteiger charge is -2.44. The van der Waals surface area contributed by atoms with E-state index in [1.165, 1.54) is 37.8 Å². The number of carbonyl (C=O) groups is 1. The lowest BCUT2D eigenvalue weighted by molar-refractivity contribution is 0.0390. The van der Waals surface area contributed by atoms with E-state index in [9.17, 15) is 9.18 Å². The third-order valence-electron chi connectivity index (χ3n) is 4.67. The van der Waals surface area contributed by atoms with E-state index in [0.29, 0.717) is 23.2 Å². The maximum absolute atomic E-state index is 13.4. The van der Waals surface area contributed by atoms with Gasteiger partial charge >= 0.3 is 0 Å². The molecule has 1 saturated heterocycles. The number of likely N-dealkylation sites (tertiary alicyclic amines) is 1. The second-order valence-corrected chi connectivity index (χ2v) is 6.03. The third kappa shape index (κ3) is 2.51. The molecule has 2 N–H and O–H groups in total. The Balaban J connectivity index is 1.84. The molecule has 1 aromatic rings. The zero-order valence-corrected chi connectivity index (χ0v) is 11.6. The number of amides is 1. The van der Waals surface area contributed by atoms with Gasteiger partial charge in [-0.3, -0.25) is 4.79 Å². The number of benzene rings is 1. The number of rotatable bonds is 1. The largest absolute Gasteiger partial charge is 0.399 e. The van der Waals surface area contributed by atoms with Crippen molar-refractivity contribution in [1.29, 1.82) is 0 Å². The highest BCUT2D eigenvalue weighted by atomic mass is 19.1. The quantitative estimate of drug-likeness (QED) is 0.801. The molecular weight excluding hydrogens is 255 g/mol. The molecule has 0 radical (unpaired) electrons. The first-order valence-electron chi connectivity index (χ1n) is 7.52. The molecule has 2 atom stereocenters. The first kappa shape index (κ1) is 13.4. The summed E-state index contributed by atoms with van der Waals surface area (Å²) in [6, 6.07) is 4.47. The Bertz CT molecular complexity index is 495. The maximum Gasteiger partial charge on any atom is 0.254 e. The van der Waals surface area contributed by atoms with Crippen LogP contribution in [0.3, 0.4) is 0 Å². The van der Waals surface area contributed by atoms with Crippen molar-refractivity contribution in [2.75, 3.05) is 12.3 Å². The Morgan fingerprint density at radius 1 is 1.15 bits per heavy atom. The molecule has 1 saturated carbocycles. The minimum Gasteiger partial charge on any atom is -0.399 e. The third-order valence-corrected chi connectivity index (χ3v) is 4.67. The summed E-state index contributed by atoms with van der Waals surface area (Å²) < 4.78 is 13.4. The molecule has 1 heterocycles. The molecule has 0 aromatic heterocycles. The van der Waals surface area contributed by atoms with Gasteiger partial charge in [0.25, 0.3) is 5.91 Å². The lowest BCUT2D eigenvalue weighted by Crippen LogP contribution is -2.49. The summed E-state index contributed by atoms with van der Waals surface area (Å²) in [5, 5.41) is 0. The number of nitrogen functional groups attached to an aromatic ring is 1. The Morgan fingerprint density at radius 2 is 1.90 bits per heavy atom. The van der Waals surface area contributed by atoms with Gasteiger partial charge in [-0.25, -0.2) is 4.39 Å². The summed E-state index contributed by atoms with van der Waals surface area (Å²) in [6.45, 7) is 0.788. The van der Waals surface area contributed by atoms with E-state index in [-0.39, 0.29) is 5.91 Å². The van der Waals surface area contributed by atoms with Crippen LogP contribution in [0.5, 0.6) is 0 Å². The molecule has 108 valence electrons. The van der Waals surface area contributed by atoms with Gasteiger partial charge in [-0.1, -0.05) is 12.8 Å². The van der Waals surface area contributed by atoms with Gasteiger partial charge in [0.15, 0.2) is 0 Å². The zero-order chi connectivity index (χ0) is 14.1. The van der Waals surface area contributed by atoms with Crippen LogP contribution in [0.15, 0.2) is 18.2 Å². The summed E-state index contributed by atoms with van der Waals surface area (Å²) in [6.07, 6.45) is 7.05. The van der Waals surface area contributed by atoms with Crippen molar-refractivity contribution < 1.29 is 9.18 Å². The standard InChI is InChI=1S/C16H21FN2O/c17-13-8-12(9-14(18)10-13)16(20)19-7-3-5-11-4-1-2-6-15(11)19/h8-11,15H,1-7,18H2/t11-,15-/m1/s1. The fraction of sp³-hybridized carbons (Fsp3) is 0.562. The molecule has 1 aliphatic heterocycles. The molecule has 3 rings (SSSR count). The van der Waals surface area contributed by atoms with Crippen molar-refractivity contribution in [1.82, 2.24) is 4.90 Å². The van der Waals surface area contributed by atoms with Crippen molar-refractivity contribution in [3.8, 4) is 0 Å². The number of hydrogen-bond donors (Lipinski definition) is 1. The fourth-order valence-corrected chi connectivity index (χ4v) is 3.78. The number of nitrogens with two attached hydrogens (primary N) is 1. The van der Waals surface area contributed by atoms with Crippen LogP contribution in [-0.4, -0.2) is 23.4 Å². The van der Waals surface area contributed by atoms with Gasteiger partial charge in [0.1, 0.15) is 5.82 Å². The van der Waals surface area contributed by atoms with E-state index >= 15 is 0 Å².